The van der Waals surface area contributed by atoms with Crippen LogP contribution in [0.4, 0.5) is 4.79 Å². The summed E-state index contributed by atoms with van der Waals surface area (Å²) in [6, 6.07) is 6.48. The van der Waals surface area contributed by atoms with Gasteiger partial charge in [-0.2, -0.15) is 0 Å². The minimum absolute atomic E-state index is 0.0971. The quantitative estimate of drug-likeness (QED) is 0.656. The number of hydrogen-bond donors (Lipinski definition) is 1. The number of carbonyl (C=O) groups excluding carboxylic acids is 1. The van der Waals surface area contributed by atoms with Crippen molar-refractivity contribution in [3.8, 4) is 11.1 Å². The van der Waals surface area contributed by atoms with Crippen LogP contribution in [0.2, 0.25) is 0 Å². The second-order valence-corrected chi connectivity index (χ2v) is 8.19. The van der Waals surface area contributed by atoms with Gasteiger partial charge in [0.15, 0.2) is 0 Å². The van der Waals surface area contributed by atoms with E-state index in [4.69, 9.17) is 15.0 Å². The second-order valence-electron chi connectivity index (χ2n) is 5.70. The van der Waals surface area contributed by atoms with E-state index in [1.807, 2.05) is 13.8 Å². The molecule has 0 saturated carbocycles. The summed E-state index contributed by atoms with van der Waals surface area (Å²) >= 11 is 3.11. The third kappa shape index (κ3) is 4.25. The van der Waals surface area contributed by atoms with Gasteiger partial charge in [-0.25, -0.2) is 9.78 Å². The molecular formula is C18H19N3O3S2. The van der Waals surface area contributed by atoms with Crippen molar-refractivity contribution in [1.82, 2.24) is 10.1 Å². The standard InChI is InChI=1S/C18H19N3O3S2/c1-4-12-5-13(17-10(2)21-24-11(17)3)7-14(6-12)25-16-8-20-15(26-16)9-23-18(19)22/h5-8H,4,9H2,1-3H3,(H2,19,22). The van der Waals surface area contributed by atoms with Crippen molar-refractivity contribution in [2.75, 3.05) is 0 Å². The highest BCUT2D eigenvalue weighted by atomic mass is 32.2. The van der Waals surface area contributed by atoms with Gasteiger partial charge in [-0.1, -0.05) is 29.9 Å². The van der Waals surface area contributed by atoms with Crippen LogP contribution in [0.1, 0.15) is 28.9 Å². The van der Waals surface area contributed by atoms with E-state index in [9.17, 15) is 4.79 Å². The molecule has 26 heavy (non-hydrogen) atoms. The molecule has 1 amide bonds. The number of ether oxygens (including phenoxy) is 1. The van der Waals surface area contributed by atoms with E-state index in [0.717, 1.165) is 38.1 Å². The number of amides is 1. The first kappa shape index (κ1) is 18.5. The molecule has 3 aromatic rings. The zero-order chi connectivity index (χ0) is 18.7. The highest BCUT2D eigenvalue weighted by Crippen LogP contribution is 2.37. The fraction of sp³-hybridized carbons (Fsp3) is 0.278. The van der Waals surface area contributed by atoms with Gasteiger partial charge in [0.05, 0.1) is 16.1 Å². The van der Waals surface area contributed by atoms with Crippen LogP contribution in [0.3, 0.4) is 0 Å². The maximum absolute atomic E-state index is 10.7. The summed E-state index contributed by atoms with van der Waals surface area (Å²) in [4.78, 5) is 16.1. The predicted octanol–water partition coefficient (Wildman–Crippen LogP) is 4.72. The van der Waals surface area contributed by atoms with Gasteiger partial charge in [0.2, 0.25) is 0 Å². The van der Waals surface area contributed by atoms with E-state index in [1.54, 1.807) is 18.0 Å². The minimum atomic E-state index is -0.797. The Hall–Kier alpha value is -2.32. The molecule has 1 aromatic carbocycles. The molecule has 0 aliphatic heterocycles. The van der Waals surface area contributed by atoms with Gasteiger partial charge < -0.3 is 15.0 Å². The van der Waals surface area contributed by atoms with E-state index in [0.29, 0.717) is 5.01 Å². The Morgan fingerprint density at radius 2 is 2.15 bits per heavy atom. The van der Waals surface area contributed by atoms with Crippen molar-refractivity contribution in [3.05, 3.63) is 46.4 Å². The summed E-state index contributed by atoms with van der Waals surface area (Å²) in [7, 11) is 0. The van der Waals surface area contributed by atoms with Crippen LogP contribution in [0.15, 0.2) is 38.0 Å². The van der Waals surface area contributed by atoms with Gasteiger partial charge in [-0.05, 0) is 43.5 Å². The number of thiazole rings is 1. The number of primary amides is 1. The maximum atomic E-state index is 10.7. The molecule has 2 heterocycles. The average Bonchev–Trinajstić information content (AvgIpc) is 3.19. The molecule has 6 nitrogen and oxygen atoms in total. The minimum Gasteiger partial charge on any atom is -0.442 e. The fourth-order valence-electron chi connectivity index (χ4n) is 2.62. The molecule has 0 radical (unpaired) electrons. The van der Waals surface area contributed by atoms with Crippen molar-refractivity contribution in [2.45, 2.75) is 42.9 Å². The molecule has 0 unspecified atom stereocenters. The first-order chi connectivity index (χ1) is 12.5. The van der Waals surface area contributed by atoms with Crippen LogP contribution in [-0.2, 0) is 17.8 Å². The van der Waals surface area contributed by atoms with E-state index in [1.165, 1.54) is 16.9 Å². The first-order valence-corrected chi connectivity index (χ1v) is 9.71. The van der Waals surface area contributed by atoms with Crippen LogP contribution in [0.5, 0.6) is 0 Å². The van der Waals surface area contributed by atoms with Gasteiger partial charge >= 0.3 is 6.09 Å². The fourth-order valence-corrected chi connectivity index (χ4v) is 4.66. The van der Waals surface area contributed by atoms with Crippen LogP contribution in [0.25, 0.3) is 11.1 Å². The van der Waals surface area contributed by atoms with Gasteiger partial charge in [0.25, 0.3) is 0 Å². The lowest BCUT2D eigenvalue weighted by atomic mass is 10.0. The van der Waals surface area contributed by atoms with Crippen molar-refractivity contribution in [3.63, 3.8) is 0 Å². The number of aryl methyl sites for hydroxylation is 3. The molecule has 2 N–H and O–H groups in total. The second kappa shape index (κ2) is 7.92. The molecule has 0 aliphatic carbocycles. The van der Waals surface area contributed by atoms with Crippen molar-refractivity contribution < 1.29 is 14.1 Å². The van der Waals surface area contributed by atoms with E-state index >= 15 is 0 Å². The molecule has 0 saturated heterocycles. The van der Waals surface area contributed by atoms with Gasteiger partial charge in [0.1, 0.15) is 17.4 Å². The molecule has 0 fully saturated rings. The number of carbonyl (C=O) groups is 1. The summed E-state index contributed by atoms with van der Waals surface area (Å²) < 4.78 is 11.1. The maximum Gasteiger partial charge on any atom is 0.404 e. The first-order valence-electron chi connectivity index (χ1n) is 8.08. The summed E-state index contributed by atoms with van der Waals surface area (Å²) in [5.74, 6) is 0.815. The topological polar surface area (TPSA) is 91.2 Å². The lowest BCUT2D eigenvalue weighted by Crippen LogP contribution is -2.12. The summed E-state index contributed by atoms with van der Waals surface area (Å²) in [5.41, 5.74) is 9.26. The van der Waals surface area contributed by atoms with E-state index in [2.05, 4.69) is 35.3 Å². The van der Waals surface area contributed by atoms with Gasteiger partial charge in [-0.15, -0.1) is 11.3 Å². The Kier molecular flexibility index (Phi) is 5.63. The van der Waals surface area contributed by atoms with Crippen molar-refractivity contribution in [1.29, 1.82) is 0 Å². The molecule has 3 rings (SSSR count). The zero-order valence-electron chi connectivity index (χ0n) is 14.7. The lowest BCUT2D eigenvalue weighted by molar-refractivity contribution is 0.150. The number of aromatic nitrogens is 2. The third-order valence-corrected chi connectivity index (χ3v) is 5.83. The van der Waals surface area contributed by atoms with Crippen molar-refractivity contribution >= 4 is 29.2 Å². The molecule has 0 aliphatic rings. The summed E-state index contributed by atoms with van der Waals surface area (Å²) in [5, 5.41) is 4.77. The summed E-state index contributed by atoms with van der Waals surface area (Å²) in [6.45, 7) is 6.10. The van der Waals surface area contributed by atoms with Crippen LogP contribution in [0, 0.1) is 13.8 Å². The number of hydrogen-bond acceptors (Lipinski definition) is 7. The molecule has 136 valence electrons. The van der Waals surface area contributed by atoms with Gasteiger partial charge in [0, 0.05) is 10.5 Å². The van der Waals surface area contributed by atoms with E-state index < -0.39 is 6.09 Å². The summed E-state index contributed by atoms with van der Waals surface area (Å²) in [6.07, 6.45) is 1.92. The van der Waals surface area contributed by atoms with Crippen LogP contribution < -0.4 is 5.73 Å². The van der Waals surface area contributed by atoms with Gasteiger partial charge in [-0.3, -0.25) is 0 Å². The van der Waals surface area contributed by atoms with E-state index in [-0.39, 0.29) is 6.61 Å². The highest BCUT2D eigenvalue weighted by Gasteiger charge is 2.14. The highest BCUT2D eigenvalue weighted by molar-refractivity contribution is 8.01. The average molecular weight is 390 g/mol. The monoisotopic (exact) mass is 389 g/mol. The largest absolute Gasteiger partial charge is 0.442 e. The molecule has 0 atom stereocenters. The molecule has 0 spiro atoms. The molecule has 0 bridgehead atoms. The Balaban J connectivity index is 1.86. The Bertz CT molecular complexity index is 914. The van der Waals surface area contributed by atoms with Crippen molar-refractivity contribution in [2.24, 2.45) is 5.73 Å². The Labute approximate surface area is 159 Å². The SMILES string of the molecule is CCc1cc(Sc2cnc(COC(N)=O)s2)cc(-c2c(C)noc2C)c1. The van der Waals surface area contributed by atoms with Crippen LogP contribution in [-0.4, -0.2) is 16.2 Å². The molecular weight excluding hydrogens is 370 g/mol. The third-order valence-electron chi connectivity index (χ3n) is 3.79. The predicted molar refractivity (Wildman–Crippen MR) is 101 cm³/mol. The Morgan fingerprint density at radius 1 is 1.35 bits per heavy atom. The zero-order valence-corrected chi connectivity index (χ0v) is 16.4. The lowest BCUT2D eigenvalue weighted by Gasteiger charge is -2.08. The number of nitrogens with zero attached hydrogens (tertiary/aromatic N) is 2. The smallest absolute Gasteiger partial charge is 0.404 e. The number of rotatable bonds is 6. The normalized spacial score (nSPS) is 10.9. The Morgan fingerprint density at radius 3 is 2.81 bits per heavy atom. The van der Waals surface area contributed by atoms with Crippen LogP contribution >= 0.6 is 23.1 Å². The molecule has 8 heteroatoms. The number of nitrogens with two attached hydrogens (primary N) is 1. The number of benzene rings is 1. The molecule has 2 aromatic heterocycles.